The summed E-state index contributed by atoms with van der Waals surface area (Å²) in [5, 5.41) is 5.85. The molecule has 5 nitrogen and oxygen atoms in total. The molecule has 1 aromatic carbocycles. The highest BCUT2D eigenvalue weighted by atomic mass is 32.1. The fraction of sp³-hybridized carbons (Fsp3) is 0.600. The van der Waals surface area contributed by atoms with E-state index in [1.807, 2.05) is 47.7 Å². The molecule has 1 saturated heterocycles. The number of carbonyl (C=O) groups excluding carboxylic acids is 1. The predicted octanol–water partition coefficient (Wildman–Crippen LogP) is 5.32. The number of nitrogens with zero attached hydrogens (tertiary/aromatic N) is 3. The molecule has 2 aromatic rings. The van der Waals surface area contributed by atoms with Gasteiger partial charge < -0.3 is 15.1 Å². The third-order valence-corrected chi connectivity index (χ3v) is 7.80. The van der Waals surface area contributed by atoms with Gasteiger partial charge in [0.15, 0.2) is 5.13 Å². The first kappa shape index (κ1) is 22.3. The predicted molar refractivity (Wildman–Crippen MR) is 129 cm³/mol. The van der Waals surface area contributed by atoms with Crippen molar-refractivity contribution in [2.75, 3.05) is 38.1 Å². The molecule has 6 heteroatoms. The highest BCUT2D eigenvalue weighted by Gasteiger charge is 2.22. The summed E-state index contributed by atoms with van der Waals surface area (Å²) in [6.07, 6.45) is 11.0. The van der Waals surface area contributed by atoms with Crippen LogP contribution in [0.3, 0.4) is 0 Å². The lowest BCUT2D eigenvalue weighted by Crippen LogP contribution is -2.41. The minimum Gasteiger partial charge on any atom is -0.350 e. The first-order chi connectivity index (χ1) is 15.2. The molecule has 2 aliphatic rings. The third-order valence-electron chi connectivity index (χ3n) is 6.89. The lowest BCUT2D eigenvalue weighted by molar-refractivity contribution is 0.0926. The van der Waals surface area contributed by atoms with Crippen LogP contribution in [0.2, 0.25) is 0 Å². The highest BCUT2D eigenvalue weighted by molar-refractivity contribution is 7.14. The van der Waals surface area contributed by atoms with Gasteiger partial charge in [-0.2, -0.15) is 0 Å². The minimum atomic E-state index is -0.0525. The fourth-order valence-corrected chi connectivity index (χ4v) is 5.77. The molecule has 1 aromatic heterocycles. The van der Waals surface area contributed by atoms with E-state index in [1.165, 1.54) is 75.8 Å². The molecule has 31 heavy (non-hydrogen) atoms. The first-order valence-electron chi connectivity index (χ1n) is 11.9. The largest absolute Gasteiger partial charge is 0.350 e. The Morgan fingerprint density at radius 1 is 1.13 bits per heavy atom. The molecule has 1 saturated carbocycles. The van der Waals surface area contributed by atoms with Gasteiger partial charge in [0.05, 0.1) is 0 Å². The standard InChI is InChI=1S/C25H36N4OS/c1-28(22-12-6-3-7-13-22)25-27-23(19-31-25)24(30)26-17-21-11-8-15-29(18-21)16-14-20-9-4-2-5-10-20/h3,6-7,12-13,19-21H,2,4-5,8-11,14-18H2,1H3,(H,26,30)/t21-/m0/s1. The molecule has 1 aliphatic carbocycles. The van der Waals surface area contributed by atoms with Gasteiger partial charge in [-0.3, -0.25) is 4.79 Å². The Labute approximate surface area is 190 Å². The second-order valence-corrected chi connectivity index (χ2v) is 10.1. The maximum Gasteiger partial charge on any atom is 0.270 e. The molecule has 0 bridgehead atoms. The van der Waals surface area contributed by atoms with Crippen LogP contribution in [-0.2, 0) is 0 Å². The number of aromatic nitrogens is 1. The Morgan fingerprint density at radius 2 is 1.90 bits per heavy atom. The Hall–Kier alpha value is -1.92. The maximum absolute atomic E-state index is 12.7. The summed E-state index contributed by atoms with van der Waals surface area (Å²) in [6, 6.07) is 10.1. The molecular weight excluding hydrogens is 404 g/mol. The van der Waals surface area contributed by atoms with E-state index in [1.54, 1.807) is 0 Å². The fourth-order valence-electron chi connectivity index (χ4n) is 4.97. The number of benzene rings is 1. The number of likely N-dealkylation sites (tertiary alicyclic amines) is 1. The van der Waals surface area contributed by atoms with Gasteiger partial charge in [0.1, 0.15) is 5.69 Å². The van der Waals surface area contributed by atoms with Gasteiger partial charge in [-0.15, -0.1) is 11.3 Å². The van der Waals surface area contributed by atoms with Gasteiger partial charge >= 0.3 is 0 Å². The summed E-state index contributed by atoms with van der Waals surface area (Å²) < 4.78 is 0. The Balaban J connectivity index is 1.22. The SMILES string of the molecule is CN(c1ccccc1)c1nc(C(=O)NC[C@@H]2CCCN(CCC3CCCCC3)C2)cs1. The van der Waals surface area contributed by atoms with Crippen molar-refractivity contribution >= 4 is 28.1 Å². The van der Waals surface area contributed by atoms with Crippen molar-refractivity contribution in [3.05, 3.63) is 41.4 Å². The maximum atomic E-state index is 12.7. The number of para-hydroxylation sites is 1. The molecule has 0 unspecified atom stereocenters. The van der Waals surface area contributed by atoms with Crippen molar-refractivity contribution in [1.82, 2.24) is 15.2 Å². The Kier molecular flexibility index (Phi) is 7.97. The number of nitrogens with one attached hydrogen (secondary N) is 1. The molecule has 0 radical (unpaired) electrons. The van der Waals surface area contributed by atoms with Gasteiger partial charge in [-0.25, -0.2) is 4.98 Å². The summed E-state index contributed by atoms with van der Waals surface area (Å²) in [5.41, 5.74) is 1.59. The van der Waals surface area contributed by atoms with Crippen LogP contribution in [-0.4, -0.2) is 49.0 Å². The van der Waals surface area contributed by atoms with Gasteiger partial charge in [-0.05, 0) is 56.3 Å². The molecule has 1 N–H and O–H groups in total. The molecule has 2 heterocycles. The van der Waals surface area contributed by atoms with E-state index < -0.39 is 0 Å². The van der Waals surface area contributed by atoms with Crippen LogP contribution in [0.1, 0.15) is 61.9 Å². The third kappa shape index (κ3) is 6.30. The van der Waals surface area contributed by atoms with E-state index in [0.717, 1.165) is 29.8 Å². The van der Waals surface area contributed by atoms with Crippen molar-refractivity contribution in [1.29, 1.82) is 0 Å². The van der Waals surface area contributed by atoms with Crippen molar-refractivity contribution in [2.45, 2.75) is 51.4 Å². The summed E-state index contributed by atoms with van der Waals surface area (Å²) >= 11 is 1.51. The molecule has 1 atom stereocenters. The number of piperidine rings is 1. The van der Waals surface area contributed by atoms with Crippen LogP contribution in [0.4, 0.5) is 10.8 Å². The Bertz CT molecular complexity index is 818. The average molecular weight is 441 g/mol. The molecular formula is C25H36N4OS. The van der Waals surface area contributed by atoms with E-state index in [9.17, 15) is 4.79 Å². The zero-order valence-corrected chi connectivity index (χ0v) is 19.6. The number of thiazole rings is 1. The van der Waals surface area contributed by atoms with Crippen molar-refractivity contribution in [3.63, 3.8) is 0 Å². The van der Waals surface area contributed by atoms with Crippen LogP contribution in [0, 0.1) is 11.8 Å². The number of amides is 1. The van der Waals surface area contributed by atoms with E-state index in [-0.39, 0.29) is 5.91 Å². The van der Waals surface area contributed by atoms with E-state index in [0.29, 0.717) is 11.6 Å². The number of hydrogen-bond acceptors (Lipinski definition) is 5. The molecule has 2 fully saturated rings. The number of rotatable bonds is 8. The summed E-state index contributed by atoms with van der Waals surface area (Å²) in [7, 11) is 1.99. The normalized spacial score (nSPS) is 20.5. The molecule has 168 valence electrons. The first-order valence-corrected chi connectivity index (χ1v) is 12.8. The molecule has 0 spiro atoms. The second kappa shape index (κ2) is 11.1. The van der Waals surface area contributed by atoms with Crippen LogP contribution in [0.5, 0.6) is 0 Å². The zero-order chi connectivity index (χ0) is 21.5. The average Bonchev–Trinajstić information content (AvgIpc) is 3.33. The van der Waals surface area contributed by atoms with Crippen molar-refractivity contribution in [3.8, 4) is 0 Å². The molecule has 4 rings (SSSR count). The van der Waals surface area contributed by atoms with Crippen LogP contribution < -0.4 is 10.2 Å². The minimum absolute atomic E-state index is 0.0525. The van der Waals surface area contributed by atoms with Gasteiger partial charge in [-0.1, -0.05) is 50.3 Å². The number of anilines is 2. The highest BCUT2D eigenvalue weighted by Crippen LogP contribution is 2.28. The Morgan fingerprint density at radius 3 is 2.71 bits per heavy atom. The smallest absolute Gasteiger partial charge is 0.270 e. The number of carbonyl (C=O) groups is 1. The van der Waals surface area contributed by atoms with Crippen molar-refractivity contribution in [2.24, 2.45) is 11.8 Å². The van der Waals surface area contributed by atoms with E-state index >= 15 is 0 Å². The summed E-state index contributed by atoms with van der Waals surface area (Å²) in [4.78, 5) is 21.9. The lowest BCUT2D eigenvalue weighted by Gasteiger charge is -2.34. The quantitative estimate of drug-likeness (QED) is 0.603. The monoisotopic (exact) mass is 440 g/mol. The van der Waals surface area contributed by atoms with Crippen LogP contribution in [0.25, 0.3) is 0 Å². The number of hydrogen-bond donors (Lipinski definition) is 1. The van der Waals surface area contributed by atoms with Gasteiger partial charge in [0.2, 0.25) is 0 Å². The van der Waals surface area contributed by atoms with Gasteiger partial charge in [0.25, 0.3) is 5.91 Å². The van der Waals surface area contributed by atoms with Crippen LogP contribution in [0.15, 0.2) is 35.7 Å². The van der Waals surface area contributed by atoms with Gasteiger partial charge in [0, 0.05) is 31.2 Å². The second-order valence-electron chi connectivity index (χ2n) is 9.22. The summed E-state index contributed by atoms with van der Waals surface area (Å²) in [6.45, 7) is 4.32. The molecule has 1 aliphatic heterocycles. The molecule has 1 amide bonds. The van der Waals surface area contributed by atoms with E-state index in [2.05, 4.69) is 15.2 Å². The van der Waals surface area contributed by atoms with Crippen molar-refractivity contribution < 1.29 is 4.79 Å². The summed E-state index contributed by atoms with van der Waals surface area (Å²) in [5.74, 6) is 1.44. The topological polar surface area (TPSA) is 48.5 Å². The van der Waals surface area contributed by atoms with Crippen LogP contribution >= 0.6 is 11.3 Å². The zero-order valence-electron chi connectivity index (χ0n) is 18.8. The lowest BCUT2D eigenvalue weighted by atomic mass is 9.86. The van der Waals surface area contributed by atoms with E-state index in [4.69, 9.17) is 0 Å².